The van der Waals surface area contributed by atoms with Gasteiger partial charge in [-0.3, -0.25) is 5.41 Å². The molecule has 0 bridgehead atoms. The van der Waals surface area contributed by atoms with Crippen LogP contribution in [0.25, 0.3) is 0 Å². The first kappa shape index (κ1) is 13.5. The third kappa shape index (κ3) is 3.72. The fourth-order valence-electron chi connectivity index (χ4n) is 1.62. The van der Waals surface area contributed by atoms with Gasteiger partial charge in [0.25, 0.3) is 0 Å². The summed E-state index contributed by atoms with van der Waals surface area (Å²) in [6.45, 7) is 1.48. The fourth-order valence-corrected chi connectivity index (χ4v) is 1.62. The molecular formula is C12H20N4O. The normalized spacial score (nSPS) is 10.2. The van der Waals surface area contributed by atoms with E-state index in [1.54, 1.807) is 6.07 Å². The van der Waals surface area contributed by atoms with E-state index in [1.165, 1.54) is 0 Å². The summed E-state index contributed by atoms with van der Waals surface area (Å²) in [6.07, 6.45) is 1.69. The minimum Gasteiger partial charge on any atom is -0.491 e. The lowest BCUT2D eigenvalue weighted by molar-refractivity contribution is 0.324. The third-order valence-electron chi connectivity index (χ3n) is 2.40. The van der Waals surface area contributed by atoms with Gasteiger partial charge < -0.3 is 21.9 Å². The molecule has 1 aromatic carbocycles. The van der Waals surface area contributed by atoms with Gasteiger partial charge in [0.15, 0.2) is 0 Å². The highest BCUT2D eigenvalue weighted by molar-refractivity contribution is 5.98. The van der Waals surface area contributed by atoms with Gasteiger partial charge in [-0.05, 0) is 31.0 Å². The second kappa shape index (κ2) is 6.88. The number of hydrogen-bond acceptors (Lipinski definition) is 4. The Bertz CT molecular complexity index is 379. The monoisotopic (exact) mass is 236 g/mol. The number of para-hydroxylation sites is 1. The molecule has 0 saturated heterocycles. The summed E-state index contributed by atoms with van der Waals surface area (Å²) in [5.74, 6) is 0.672. The molecular weight excluding hydrogens is 216 g/mol. The molecule has 0 radical (unpaired) electrons. The first-order valence-electron chi connectivity index (χ1n) is 5.70. The van der Waals surface area contributed by atoms with Crippen molar-refractivity contribution in [2.24, 2.45) is 17.2 Å². The molecule has 5 nitrogen and oxygen atoms in total. The summed E-state index contributed by atoms with van der Waals surface area (Å²) < 4.78 is 5.59. The maximum Gasteiger partial charge on any atom is 0.133 e. The Kier molecular flexibility index (Phi) is 5.45. The summed E-state index contributed by atoms with van der Waals surface area (Å²) in [6, 6.07) is 5.62. The van der Waals surface area contributed by atoms with Crippen LogP contribution in [0, 0.1) is 5.41 Å². The van der Waals surface area contributed by atoms with E-state index in [4.69, 9.17) is 27.3 Å². The molecule has 0 spiro atoms. The van der Waals surface area contributed by atoms with Crippen molar-refractivity contribution in [1.29, 1.82) is 5.41 Å². The molecule has 0 unspecified atom stereocenters. The Morgan fingerprint density at radius 3 is 2.59 bits per heavy atom. The maximum atomic E-state index is 7.53. The SMILES string of the molecule is N=C(N)c1cccc(CCCN)c1OCCN. The van der Waals surface area contributed by atoms with Gasteiger partial charge in [0, 0.05) is 6.54 Å². The molecule has 1 rings (SSSR count). The second-order valence-electron chi connectivity index (χ2n) is 3.74. The first-order valence-corrected chi connectivity index (χ1v) is 5.70. The molecule has 0 fully saturated rings. The fraction of sp³-hybridized carbons (Fsp3) is 0.417. The zero-order chi connectivity index (χ0) is 12.7. The summed E-state index contributed by atoms with van der Waals surface area (Å²) >= 11 is 0. The first-order chi connectivity index (χ1) is 8.20. The number of ether oxygens (including phenoxy) is 1. The van der Waals surface area contributed by atoms with Crippen LogP contribution in [0.2, 0.25) is 0 Å². The molecule has 7 N–H and O–H groups in total. The number of nitrogens with one attached hydrogen (secondary N) is 1. The number of rotatable bonds is 7. The van der Waals surface area contributed by atoms with Gasteiger partial charge in [-0.15, -0.1) is 0 Å². The lowest BCUT2D eigenvalue weighted by Gasteiger charge is -2.14. The zero-order valence-electron chi connectivity index (χ0n) is 9.91. The van der Waals surface area contributed by atoms with Crippen LogP contribution in [0.1, 0.15) is 17.5 Å². The molecule has 0 amide bonds. The van der Waals surface area contributed by atoms with Gasteiger partial charge in [-0.25, -0.2) is 0 Å². The third-order valence-corrected chi connectivity index (χ3v) is 2.40. The highest BCUT2D eigenvalue weighted by Gasteiger charge is 2.11. The molecule has 5 heteroatoms. The van der Waals surface area contributed by atoms with E-state index >= 15 is 0 Å². The van der Waals surface area contributed by atoms with Gasteiger partial charge in [0.2, 0.25) is 0 Å². The highest BCUT2D eigenvalue weighted by atomic mass is 16.5. The predicted molar refractivity (Wildman–Crippen MR) is 69.4 cm³/mol. The van der Waals surface area contributed by atoms with E-state index in [0.29, 0.717) is 31.0 Å². The summed E-state index contributed by atoms with van der Waals surface area (Å²) in [7, 11) is 0. The van der Waals surface area contributed by atoms with Gasteiger partial charge >= 0.3 is 0 Å². The largest absolute Gasteiger partial charge is 0.491 e. The number of nitrogen functional groups attached to an aromatic ring is 1. The Hall–Kier alpha value is -1.59. The van der Waals surface area contributed by atoms with Crippen molar-refractivity contribution in [2.45, 2.75) is 12.8 Å². The van der Waals surface area contributed by atoms with Crippen molar-refractivity contribution >= 4 is 5.84 Å². The highest BCUT2D eigenvalue weighted by Crippen LogP contribution is 2.25. The van der Waals surface area contributed by atoms with Gasteiger partial charge in [0.05, 0.1) is 5.56 Å². The lowest BCUT2D eigenvalue weighted by Crippen LogP contribution is -2.17. The number of amidine groups is 1. The molecule has 94 valence electrons. The van der Waals surface area contributed by atoms with E-state index in [0.717, 1.165) is 18.4 Å². The van der Waals surface area contributed by atoms with Crippen LogP contribution in [0.4, 0.5) is 0 Å². The van der Waals surface area contributed by atoms with Crippen molar-refractivity contribution in [3.8, 4) is 5.75 Å². The average molecular weight is 236 g/mol. The molecule has 0 saturated carbocycles. The molecule has 0 aromatic heterocycles. The Morgan fingerprint density at radius 1 is 1.24 bits per heavy atom. The van der Waals surface area contributed by atoms with Crippen LogP contribution in [0.5, 0.6) is 5.75 Å². The van der Waals surface area contributed by atoms with E-state index in [9.17, 15) is 0 Å². The van der Waals surface area contributed by atoms with Crippen LogP contribution in [-0.4, -0.2) is 25.5 Å². The molecule has 0 aliphatic heterocycles. The molecule has 1 aromatic rings. The van der Waals surface area contributed by atoms with Crippen molar-refractivity contribution in [3.63, 3.8) is 0 Å². The van der Waals surface area contributed by atoms with E-state index < -0.39 is 0 Å². The van der Waals surface area contributed by atoms with Crippen LogP contribution in [0.15, 0.2) is 18.2 Å². The Balaban J connectivity index is 3.00. The lowest BCUT2D eigenvalue weighted by atomic mass is 10.0. The van der Waals surface area contributed by atoms with E-state index in [2.05, 4.69) is 0 Å². The van der Waals surface area contributed by atoms with Gasteiger partial charge in [-0.2, -0.15) is 0 Å². The van der Waals surface area contributed by atoms with Crippen molar-refractivity contribution < 1.29 is 4.74 Å². The van der Waals surface area contributed by atoms with Crippen molar-refractivity contribution in [2.75, 3.05) is 19.7 Å². The van der Waals surface area contributed by atoms with Crippen LogP contribution in [-0.2, 0) is 6.42 Å². The average Bonchev–Trinajstić information content (AvgIpc) is 2.33. The van der Waals surface area contributed by atoms with E-state index in [-0.39, 0.29) is 5.84 Å². The number of aryl methyl sites for hydroxylation is 1. The minimum absolute atomic E-state index is 0.00613. The summed E-state index contributed by atoms with van der Waals surface area (Å²) in [5, 5.41) is 7.53. The maximum absolute atomic E-state index is 7.53. The summed E-state index contributed by atoms with van der Waals surface area (Å²) in [5.41, 5.74) is 18.1. The molecule has 17 heavy (non-hydrogen) atoms. The minimum atomic E-state index is 0.00613. The van der Waals surface area contributed by atoms with Crippen LogP contribution < -0.4 is 21.9 Å². The van der Waals surface area contributed by atoms with E-state index in [1.807, 2.05) is 12.1 Å². The van der Waals surface area contributed by atoms with Crippen molar-refractivity contribution in [3.05, 3.63) is 29.3 Å². The topological polar surface area (TPSA) is 111 Å². The molecule has 0 aliphatic carbocycles. The Labute approximate surface area is 101 Å². The Morgan fingerprint density at radius 2 is 2.00 bits per heavy atom. The standard InChI is InChI=1S/C12H20N4O/c13-6-2-4-9-3-1-5-10(12(15)16)11(9)17-8-7-14/h1,3,5H,2,4,6-8,13-14H2,(H3,15,16). The number of hydrogen-bond donors (Lipinski definition) is 4. The van der Waals surface area contributed by atoms with Gasteiger partial charge in [0.1, 0.15) is 18.2 Å². The quantitative estimate of drug-likeness (QED) is 0.400. The summed E-state index contributed by atoms with van der Waals surface area (Å²) in [4.78, 5) is 0. The number of nitrogens with two attached hydrogens (primary N) is 3. The van der Waals surface area contributed by atoms with Crippen LogP contribution >= 0.6 is 0 Å². The smallest absolute Gasteiger partial charge is 0.133 e. The van der Waals surface area contributed by atoms with Crippen molar-refractivity contribution in [1.82, 2.24) is 0 Å². The number of benzene rings is 1. The predicted octanol–water partition coefficient (Wildman–Crippen LogP) is 0.199. The van der Waals surface area contributed by atoms with Gasteiger partial charge in [-0.1, -0.05) is 12.1 Å². The molecule has 0 heterocycles. The zero-order valence-corrected chi connectivity index (χ0v) is 9.91. The molecule has 0 aliphatic rings. The van der Waals surface area contributed by atoms with Crippen LogP contribution in [0.3, 0.4) is 0 Å². The second-order valence-corrected chi connectivity index (χ2v) is 3.74. The molecule has 0 atom stereocenters.